The second-order valence-electron chi connectivity index (χ2n) is 7.13. The zero-order valence-electron chi connectivity index (χ0n) is 14.8. The van der Waals surface area contributed by atoms with E-state index in [0.717, 1.165) is 17.8 Å². The molecule has 2 saturated heterocycles. The van der Waals surface area contributed by atoms with Crippen molar-refractivity contribution in [3.63, 3.8) is 0 Å². The Morgan fingerprint density at radius 3 is 3.04 bits per heavy atom. The summed E-state index contributed by atoms with van der Waals surface area (Å²) in [7, 11) is 0. The van der Waals surface area contributed by atoms with Crippen LogP contribution in [0.2, 0.25) is 0 Å². The summed E-state index contributed by atoms with van der Waals surface area (Å²) >= 11 is 0. The topological polar surface area (TPSA) is 69.0 Å². The van der Waals surface area contributed by atoms with E-state index in [1.165, 1.54) is 0 Å². The van der Waals surface area contributed by atoms with Gasteiger partial charge >= 0.3 is 0 Å². The third-order valence-corrected chi connectivity index (χ3v) is 5.53. The molecule has 0 aliphatic carbocycles. The van der Waals surface area contributed by atoms with Gasteiger partial charge in [-0.05, 0) is 30.7 Å². The molecule has 0 N–H and O–H groups in total. The van der Waals surface area contributed by atoms with Crippen molar-refractivity contribution >= 4 is 11.6 Å². The molecule has 7 heteroatoms. The lowest BCUT2D eigenvalue weighted by atomic mass is 9.81. The first kappa shape index (κ1) is 16.3. The fourth-order valence-corrected chi connectivity index (χ4v) is 4.00. The molecule has 138 valence electrons. The largest absolute Gasteiger partial charge is 0.492 e. The van der Waals surface area contributed by atoms with E-state index in [9.17, 15) is 4.79 Å². The van der Waals surface area contributed by atoms with Gasteiger partial charge < -0.3 is 14.4 Å². The Labute approximate surface area is 156 Å². The minimum atomic E-state index is -0.293. The van der Waals surface area contributed by atoms with E-state index in [1.54, 1.807) is 18.6 Å². The van der Waals surface area contributed by atoms with Crippen molar-refractivity contribution in [3.05, 3.63) is 60.8 Å². The lowest BCUT2D eigenvalue weighted by Crippen LogP contribution is -2.66. The first-order valence-electron chi connectivity index (χ1n) is 9.13. The quantitative estimate of drug-likeness (QED) is 0.709. The smallest absolute Gasteiger partial charge is 0.272 e. The number of carbonyl (C=O) groups is 1. The Kier molecular flexibility index (Phi) is 3.82. The summed E-state index contributed by atoms with van der Waals surface area (Å²) < 4.78 is 13.8. The molecule has 27 heavy (non-hydrogen) atoms. The van der Waals surface area contributed by atoms with Crippen molar-refractivity contribution in [2.75, 3.05) is 26.3 Å². The van der Waals surface area contributed by atoms with Crippen LogP contribution in [0.25, 0.3) is 5.65 Å². The average Bonchev–Trinajstić information content (AvgIpc) is 3.30. The Balaban J connectivity index is 1.26. The van der Waals surface area contributed by atoms with Gasteiger partial charge in [-0.2, -0.15) is 0 Å². The van der Waals surface area contributed by atoms with Gasteiger partial charge in [0.05, 0.1) is 32.1 Å². The molecule has 0 bridgehead atoms. The molecular weight excluding hydrogens is 344 g/mol. The van der Waals surface area contributed by atoms with Gasteiger partial charge in [0.15, 0.2) is 0 Å². The molecule has 1 spiro atoms. The Morgan fingerprint density at radius 1 is 1.26 bits per heavy atom. The number of ether oxygens (including phenoxy) is 2. The number of nitrogens with zero attached hydrogens (tertiary/aromatic N) is 4. The van der Waals surface area contributed by atoms with Crippen LogP contribution >= 0.6 is 0 Å². The van der Waals surface area contributed by atoms with Crippen molar-refractivity contribution in [1.82, 2.24) is 19.3 Å². The molecule has 0 radical (unpaired) electrons. The van der Waals surface area contributed by atoms with Crippen LogP contribution in [-0.2, 0) is 4.74 Å². The highest BCUT2D eigenvalue weighted by Gasteiger charge is 2.55. The van der Waals surface area contributed by atoms with Gasteiger partial charge in [0.1, 0.15) is 22.7 Å². The van der Waals surface area contributed by atoms with Gasteiger partial charge in [-0.3, -0.25) is 14.2 Å². The van der Waals surface area contributed by atoms with Crippen molar-refractivity contribution in [2.24, 2.45) is 5.92 Å². The second-order valence-corrected chi connectivity index (χ2v) is 7.13. The summed E-state index contributed by atoms with van der Waals surface area (Å²) in [6, 6.07) is 9.45. The first-order chi connectivity index (χ1) is 13.3. The monoisotopic (exact) mass is 364 g/mol. The number of hydrogen-bond acceptors (Lipinski definition) is 5. The summed E-state index contributed by atoms with van der Waals surface area (Å²) in [6.45, 7) is 2.46. The number of pyridine rings is 2. The highest BCUT2D eigenvalue weighted by molar-refractivity contribution is 5.94. The summed E-state index contributed by atoms with van der Waals surface area (Å²) in [5, 5.41) is 0. The highest BCUT2D eigenvalue weighted by Crippen LogP contribution is 2.40. The molecule has 2 aliphatic rings. The van der Waals surface area contributed by atoms with Crippen LogP contribution in [0.1, 0.15) is 16.9 Å². The van der Waals surface area contributed by atoms with E-state index in [4.69, 9.17) is 9.47 Å². The molecule has 3 aromatic heterocycles. The third kappa shape index (κ3) is 2.75. The van der Waals surface area contributed by atoms with Gasteiger partial charge in [0, 0.05) is 24.9 Å². The van der Waals surface area contributed by atoms with Crippen molar-refractivity contribution in [3.8, 4) is 5.75 Å². The molecule has 0 aromatic carbocycles. The highest BCUT2D eigenvalue weighted by atomic mass is 16.5. The molecule has 3 aromatic rings. The molecule has 0 saturated carbocycles. The first-order valence-corrected chi connectivity index (χ1v) is 9.13. The van der Waals surface area contributed by atoms with Gasteiger partial charge in [0.2, 0.25) is 0 Å². The molecular formula is C20H20N4O3. The Morgan fingerprint density at radius 2 is 2.19 bits per heavy atom. The Hall–Kier alpha value is -2.93. The van der Waals surface area contributed by atoms with Crippen LogP contribution in [0.3, 0.4) is 0 Å². The molecule has 1 atom stereocenters. The van der Waals surface area contributed by atoms with Crippen molar-refractivity contribution in [2.45, 2.75) is 12.0 Å². The zero-order valence-corrected chi connectivity index (χ0v) is 14.8. The molecule has 1 amide bonds. The number of hydrogen-bond donors (Lipinski definition) is 0. The maximum absolute atomic E-state index is 12.9. The predicted molar refractivity (Wildman–Crippen MR) is 97.6 cm³/mol. The van der Waals surface area contributed by atoms with E-state index in [-0.39, 0.29) is 17.4 Å². The van der Waals surface area contributed by atoms with Crippen LogP contribution in [0, 0.1) is 5.92 Å². The van der Waals surface area contributed by atoms with E-state index in [1.807, 2.05) is 45.8 Å². The van der Waals surface area contributed by atoms with Crippen molar-refractivity contribution in [1.29, 1.82) is 0 Å². The lowest BCUT2D eigenvalue weighted by Gasteiger charge is -2.49. The molecule has 0 unspecified atom stereocenters. The van der Waals surface area contributed by atoms with Gasteiger partial charge in [-0.15, -0.1) is 0 Å². The summed E-state index contributed by atoms with van der Waals surface area (Å²) in [6.07, 6.45) is 7.88. The van der Waals surface area contributed by atoms with E-state index in [0.29, 0.717) is 32.0 Å². The average molecular weight is 364 g/mol. The molecule has 7 nitrogen and oxygen atoms in total. The lowest BCUT2D eigenvalue weighted by molar-refractivity contribution is -0.122. The minimum Gasteiger partial charge on any atom is -0.492 e. The van der Waals surface area contributed by atoms with Crippen LogP contribution in [0.15, 0.2) is 55.1 Å². The number of rotatable bonds is 4. The second kappa shape index (κ2) is 6.35. The third-order valence-electron chi connectivity index (χ3n) is 5.53. The summed E-state index contributed by atoms with van der Waals surface area (Å²) in [5.74, 6) is 1.02. The van der Waals surface area contributed by atoms with Gasteiger partial charge in [0.25, 0.3) is 5.91 Å². The number of carbonyl (C=O) groups excluding carboxylic acids is 1. The number of amides is 1. The van der Waals surface area contributed by atoms with E-state index in [2.05, 4.69) is 9.97 Å². The standard InChI is InChI=1S/C20H20N4O3/c25-19(17-11-22-18-5-1-2-8-24(17)18)23-13-20(14-23)15(6-9-27-20)12-26-16-4-3-7-21-10-16/h1-5,7-8,10-11,15H,6,9,12-14H2/t15-/m1/s1. The summed E-state index contributed by atoms with van der Waals surface area (Å²) in [5.41, 5.74) is 1.07. The van der Waals surface area contributed by atoms with Crippen LogP contribution in [0.5, 0.6) is 5.75 Å². The maximum Gasteiger partial charge on any atom is 0.272 e. The number of imidazole rings is 1. The van der Waals surface area contributed by atoms with Gasteiger partial charge in [-0.1, -0.05) is 6.07 Å². The molecule has 2 fully saturated rings. The van der Waals surface area contributed by atoms with E-state index < -0.39 is 0 Å². The molecule has 2 aliphatic heterocycles. The summed E-state index contributed by atoms with van der Waals surface area (Å²) in [4.78, 5) is 23.1. The normalized spacial score (nSPS) is 20.7. The number of fused-ring (bicyclic) bond motifs is 1. The van der Waals surface area contributed by atoms with Crippen molar-refractivity contribution < 1.29 is 14.3 Å². The maximum atomic E-state index is 12.9. The Bertz CT molecular complexity index is 966. The zero-order chi connectivity index (χ0) is 18.3. The predicted octanol–water partition coefficient (Wildman–Crippen LogP) is 2.04. The molecule has 5 rings (SSSR count). The van der Waals surface area contributed by atoms with Crippen LogP contribution in [-0.4, -0.2) is 57.1 Å². The fraction of sp³-hybridized carbons (Fsp3) is 0.350. The number of aromatic nitrogens is 3. The fourth-order valence-electron chi connectivity index (χ4n) is 4.00. The molecule has 5 heterocycles. The minimum absolute atomic E-state index is 0.0123. The van der Waals surface area contributed by atoms with Crippen LogP contribution in [0.4, 0.5) is 0 Å². The van der Waals surface area contributed by atoms with Gasteiger partial charge in [-0.25, -0.2) is 4.98 Å². The SMILES string of the molecule is O=C(c1cnc2ccccn12)N1CC2(C1)OCC[C@@H]2COc1cccnc1. The number of likely N-dealkylation sites (tertiary alicyclic amines) is 1. The van der Waals surface area contributed by atoms with Crippen LogP contribution < -0.4 is 4.74 Å². The van der Waals surface area contributed by atoms with E-state index >= 15 is 0 Å².